The standard InChI is InChI=1S/C14H24N2/c1-10-5-6-12(11(2)9-10)13(16)14(3,4)7-8-15/h5-6,9,13H,7-8,15-16H2,1-4H3. The van der Waals surface area contributed by atoms with Gasteiger partial charge in [-0.05, 0) is 43.4 Å². The molecule has 0 fully saturated rings. The third-order valence-electron chi connectivity index (χ3n) is 3.39. The van der Waals surface area contributed by atoms with E-state index in [1.54, 1.807) is 0 Å². The summed E-state index contributed by atoms with van der Waals surface area (Å²) in [5.41, 5.74) is 15.8. The molecular formula is C14H24N2. The van der Waals surface area contributed by atoms with Gasteiger partial charge in [0.25, 0.3) is 0 Å². The van der Waals surface area contributed by atoms with Crippen LogP contribution in [0.25, 0.3) is 0 Å². The summed E-state index contributed by atoms with van der Waals surface area (Å²) in [5, 5.41) is 0. The van der Waals surface area contributed by atoms with Crippen molar-refractivity contribution in [1.29, 1.82) is 0 Å². The molecule has 0 amide bonds. The van der Waals surface area contributed by atoms with Gasteiger partial charge in [0.1, 0.15) is 0 Å². The van der Waals surface area contributed by atoms with Crippen molar-refractivity contribution >= 4 is 0 Å². The molecule has 2 nitrogen and oxygen atoms in total. The number of rotatable bonds is 4. The van der Waals surface area contributed by atoms with Crippen LogP contribution in [0, 0.1) is 19.3 Å². The van der Waals surface area contributed by atoms with Crippen molar-refractivity contribution in [1.82, 2.24) is 0 Å². The predicted molar refractivity (Wildman–Crippen MR) is 70.3 cm³/mol. The number of nitrogens with two attached hydrogens (primary N) is 2. The molecule has 0 saturated heterocycles. The molecule has 1 aromatic rings. The molecule has 0 aromatic heterocycles. The lowest BCUT2D eigenvalue weighted by molar-refractivity contribution is 0.270. The van der Waals surface area contributed by atoms with Crippen LogP contribution in [0.15, 0.2) is 18.2 Å². The fourth-order valence-corrected chi connectivity index (χ4v) is 2.12. The molecule has 0 bridgehead atoms. The number of hydrogen-bond acceptors (Lipinski definition) is 2. The van der Waals surface area contributed by atoms with Gasteiger partial charge in [0.2, 0.25) is 0 Å². The van der Waals surface area contributed by atoms with Gasteiger partial charge in [0.15, 0.2) is 0 Å². The molecule has 0 saturated carbocycles. The molecule has 0 aliphatic rings. The van der Waals surface area contributed by atoms with Crippen molar-refractivity contribution in [2.24, 2.45) is 16.9 Å². The lowest BCUT2D eigenvalue weighted by Crippen LogP contribution is -2.31. The van der Waals surface area contributed by atoms with Crippen molar-refractivity contribution in [3.63, 3.8) is 0 Å². The zero-order chi connectivity index (χ0) is 12.3. The average Bonchev–Trinajstić information content (AvgIpc) is 2.16. The van der Waals surface area contributed by atoms with Gasteiger partial charge in [-0.3, -0.25) is 0 Å². The van der Waals surface area contributed by atoms with Crippen LogP contribution < -0.4 is 11.5 Å². The molecule has 4 N–H and O–H groups in total. The minimum absolute atomic E-state index is 0.0504. The van der Waals surface area contributed by atoms with Gasteiger partial charge in [-0.25, -0.2) is 0 Å². The summed E-state index contributed by atoms with van der Waals surface area (Å²) in [6, 6.07) is 6.51. The van der Waals surface area contributed by atoms with E-state index >= 15 is 0 Å². The molecule has 90 valence electrons. The number of benzene rings is 1. The quantitative estimate of drug-likeness (QED) is 0.819. The second-order valence-electron chi connectivity index (χ2n) is 5.36. The van der Waals surface area contributed by atoms with Crippen LogP contribution in [0.2, 0.25) is 0 Å². The van der Waals surface area contributed by atoms with Gasteiger partial charge in [0, 0.05) is 6.04 Å². The van der Waals surface area contributed by atoms with Crippen molar-refractivity contribution in [3.8, 4) is 0 Å². The Labute approximate surface area is 99.0 Å². The highest BCUT2D eigenvalue weighted by molar-refractivity contribution is 5.33. The lowest BCUT2D eigenvalue weighted by Gasteiger charge is -2.32. The molecule has 16 heavy (non-hydrogen) atoms. The van der Waals surface area contributed by atoms with E-state index in [0.29, 0.717) is 6.54 Å². The maximum Gasteiger partial charge on any atom is 0.0349 e. The van der Waals surface area contributed by atoms with Crippen LogP contribution in [0.4, 0.5) is 0 Å². The Kier molecular flexibility index (Phi) is 4.11. The van der Waals surface area contributed by atoms with Gasteiger partial charge in [0.05, 0.1) is 0 Å². The largest absolute Gasteiger partial charge is 0.330 e. The second-order valence-corrected chi connectivity index (χ2v) is 5.36. The summed E-state index contributed by atoms with van der Waals surface area (Å²) in [6.45, 7) is 9.29. The SMILES string of the molecule is Cc1ccc(C(N)C(C)(C)CCN)c(C)c1. The van der Waals surface area contributed by atoms with E-state index in [1.165, 1.54) is 16.7 Å². The molecule has 0 heterocycles. The predicted octanol–water partition coefficient (Wildman–Crippen LogP) is 2.68. The van der Waals surface area contributed by atoms with Crippen molar-refractivity contribution in [3.05, 3.63) is 34.9 Å². The zero-order valence-corrected chi connectivity index (χ0v) is 10.9. The molecule has 0 aliphatic heterocycles. The minimum Gasteiger partial charge on any atom is -0.330 e. The highest BCUT2D eigenvalue weighted by Crippen LogP contribution is 2.35. The van der Waals surface area contributed by atoms with Crippen molar-refractivity contribution in [2.45, 2.75) is 40.2 Å². The maximum absolute atomic E-state index is 6.35. The monoisotopic (exact) mass is 220 g/mol. The summed E-state index contributed by atoms with van der Waals surface area (Å²) in [6.07, 6.45) is 0.946. The summed E-state index contributed by atoms with van der Waals surface area (Å²) in [4.78, 5) is 0. The van der Waals surface area contributed by atoms with Crippen LogP contribution >= 0.6 is 0 Å². The fourth-order valence-electron chi connectivity index (χ4n) is 2.12. The first-order valence-corrected chi connectivity index (χ1v) is 5.91. The molecule has 1 unspecified atom stereocenters. The highest BCUT2D eigenvalue weighted by atomic mass is 14.7. The summed E-state index contributed by atoms with van der Waals surface area (Å²) in [5.74, 6) is 0. The Balaban J connectivity index is 3.00. The second kappa shape index (κ2) is 4.98. The van der Waals surface area contributed by atoms with E-state index in [9.17, 15) is 0 Å². The van der Waals surface area contributed by atoms with Crippen molar-refractivity contribution in [2.75, 3.05) is 6.54 Å². The summed E-state index contributed by atoms with van der Waals surface area (Å²) >= 11 is 0. The average molecular weight is 220 g/mol. The van der Waals surface area contributed by atoms with Gasteiger partial charge in [-0.1, -0.05) is 37.6 Å². The lowest BCUT2D eigenvalue weighted by atomic mass is 9.77. The summed E-state index contributed by atoms with van der Waals surface area (Å²) in [7, 11) is 0. The van der Waals surface area contributed by atoms with E-state index in [2.05, 4.69) is 45.9 Å². The van der Waals surface area contributed by atoms with E-state index < -0.39 is 0 Å². The van der Waals surface area contributed by atoms with E-state index in [1.807, 2.05) is 0 Å². The van der Waals surface area contributed by atoms with Crippen LogP contribution in [0.5, 0.6) is 0 Å². The molecule has 1 atom stereocenters. The molecule has 0 spiro atoms. The van der Waals surface area contributed by atoms with Crippen LogP contribution in [-0.2, 0) is 0 Å². The normalized spacial score (nSPS) is 13.9. The molecule has 0 aliphatic carbocycles. The third kappa shape index (κ3) is 2.83. The van der Waals surface area contributed by atoms with Gasteiger partial charge in [-0.15, -0.1) is 0 Å². The first-order valence-electron chi connectivity index (χ1n) is 5.91. The van der Waals surface area contributed by atoms with Crippen LogP contribution in [0.1, 0.15) is 43.0 Å². The van der Waals surface area contributed by atoms with Gasteiger partial charge >= 0.3 is 0 Å². The molecule has 2 heteroatoms. The van der Waals surface area contributed by atoms with Crippen LogP contribution in [0.3, 0.4) is 0 Å². The Hall–Kier alpha value is -0.860. The Bertz CT molecular complexity index is 356. The minimum atomic E-state index is 0.0504. The zero-order valence-electron chi connectivity index (χ0n) is 10.9. The number of hydrogen-bond donors (Lipinski definition) is 2. The number of aryl methyl sites for hydroxylation is 2. The van der Waals surface area contributed by atoms with E-state index in [0.717, 1.165) is 6.42 Å². The molecule has 0 radical (unpaired) electrons. The van der Waals surface area contributed by atoms with Crippen molar-refractivity contribution < 1.29 is 0 Å². The van der Waals surface area contributed by atoms with E-state index in [-0.39, 0.29) is 11.5 Å². The smallest absolute Gasteiger partial charge is 0.0349 e. The Morgan fingerprint density at radius 2 is 1.88 bits per heavy atom. The maximum atomic E-state index is 6.35. The van der Waals surface area contributed by atoms with Gasteiger partial charge in [-0.2, -0.15) is 0 Å². The van der Waals surface area contributed by atoms with E-state index in [4.69, 9.17) is 11.5 Å². The fraction of sp³-hybridized carbons (Fsp3) is 0.571. The Morgan fingerprint density at radius 3 is 2.38 bits per heavy atom. The first kappa shape index (κ1) is 13.2. The molecular weight excluding hydrogens is 196 g/mol. The first-order chi connectivity index (χ1) is 7.38. The van der Waals surface area contributed by atoms with Crippen LogP contribution in [-0.4, -0.2) is 6.54 Å². The topological polar surface area (TPSA) is 52.0 Å². The molecule has 1 aromatic carbocycles. The third-order valence-corrected chi connectivity index (χ3v) is 3.39. The highest BCUT2D eigenvalue weighted by Gasteiger charge is 2.27. The molecule has 1 rings (SSSR count). The summed E-state index contributed by atoms with van der Waals surface area (Å²) < 4.78 is 0. The van der Waals surface area contributed by atoms with Gasteiger partial charge < -0.3 is 11.5 Å². The Morgan fingerprint density at radius 1 is 1.25 bits per heavy atom.